The van der Waals surface area contributed by atoms with Crippen molar-refractivity contribution in [2.75, 3.05) is 13.7 Å². The van der Waals surface area contributed by atoms with E-state index < -0.39 is 0 Å². The molecule has 0 fully saturated rings. The largest absolute Gasteiger partial charge is 0.493 e. The highest BCUT2D eigenvalue weighted by molar-refractivity contribution is 14.1. The van der Waals surface area contributed by atoms with Crippen LogP contribution in [0.4, 0.5) is 0 Å². The summed E-state index contributed by atoms with van der Waals surface area (Å²) >= 11 is 2.33. The first-order valence-electron chi connectivity index (χ1n) is 6.47. The maximum absolute atomic E-state index is 5.82. The fraction of sp³-hybridized carbons (Fsp3) is 0.250. The van der Waals surface area contributed by atoms with Crippen LogP contribution in [0.15, 0.2) is 42.5 Å². The average Bonchev–Trinajstić information content (AvgIpc) is 2.91. The summed E-state index contributed by atoms with van der Waals surface area (Å²) in [5.41, 5.74) is 3.83. The maximum Gasteiger partial charge on any atom is 0.127 e. The molecule has 0 aliphatic carbocycles. The molecule has 0 radical (unpaired) electrons. The predicted octanol–water partition coefficient (Wildman–Crippen LogP) is 3.53. The molecule has 0 saturated heterocycles. The van der Waals surface area contributed by atoms with Gasteiger partial charge in [0, 0.05) is 15.6 Å². The van der Waals surface area contributed by atoms with E-state index in [1.165, 1.54) is 20.3 Å². The summed E-state index contributed by atoms with van der Waals surface area (Å²) < 4.78 is 7.07. The molecule has 0 spiro atoms. The summed E-state index contributed by atoms with van der Waals surface area (Å²) in [7, 11) is 2.00. The first-order chi connectivity index (χ1) is 9.29. The van der Waals surface area contributed by atoms with Crippen molar-refractivity contribution in [2.45, 2.75) is 12.5 Å². The highest BCUT2D eigenvalue weighted by atomic mass is 127. The van der Waals surface area contributed by atoms with Gasteiger partial charge in [-0.25, -0.2) is 0 Å². The molecule has 1 atom stereocenters. The van der Waals surface area contributed by atoms with E-state index in [1.807, 2.05) is 7.05 Å². The SMILES string of the molecule is CNC(c1ccc(I)cc1)c1cccc2c1OCC2. The Morgan fingerprint density at radius 2 is 1.95 bits per heavy atom. The van der Waals surface area contributed by atoms with Crippen LogP contribution in [-0.2, 0) is 6.42 Å². The van der Waals surface area contributed by atoms with Crippen LogP contribution >= 0.6 is 22.6 Å². The molecule has 2 nitrogen and oxygen atoms in total. The van der Waals surface area contributed by atoms with Crippen molar-refractivity contribution in [3.63, 3.8) is 0 Å². The molecule has 0 bridgehead atoms. The second-order valence-corrected chi connectivity index (χ2v) is 5.95. The van der Waals surface area contributed by atoms with Gasteiger partial charge in [-0.05, 0) is 52.9 Å². The van der Waals surface area contributed by atoms with Crippen molar-refractivity contribution in [1.29, 1.82) is 0 Å². The van der Waals surface area contributed by atoms with E-state index in [0.29, 0.717) is 0 Å². The van der Waals surface area contributed by atoms with Gasteiger partial charge in [0.05, 0.1) is 12.6 Å². The third kappa shape index (κ3) is 2.49. The molecule has 0 amide bonds. The lowest BCUT2D eigenvalue weighted by molar-refractivity contribution is 0.351. The van der Waals surface area contributed by atoms with Crippen molar-refractivity contribution in [2.24, 2.45) is 0 Å². The third-order valence-electron chi connectivity index (χ3n) is 3.55. The normalized spacial score (nSPS) is 14.8. The van der Waals surface area contributed by atoms with E-state index in [-0.39, 0.29) is 6.04 Å². The number of rotatable bonds is 3. The molecule has 2 aromatic carbocycles. The van der Waals surface area contributed by atoms with Crippen molar-refractivity contribution in [3.8, 4) is 5.75 Å². The van der Waals surface area contributed by atoms with E-state index in [0.717, 1.165) is 18.8 Å². The maximum atomic E-state index is 5.82. The van der Waals surface area contributed by atoms with E-state index in [1.54, 1.807) is 0 Å². The Labute approximate surface area is 127 Å². The molecule has 0 saturated carbocycles. The van der Waals surface area contributed by atoms with Gasteiger partial charge in [-0.15, -0.1) is 0 Å². The predicted molar refractivity (Wildman–Crippen MR) is 85.7 cm³/mol. The molecule has 1 unspecified atom stereocenters. The van der Waals surface area contributed by atoms with Gasteiger partial charge in [-0.2, -0.15) is 0 Å². The molecule has 3 rings (SSSR count). The number of halogens is 1. The first-order valence-corrected chi connectivity index (χ1v) is 7.55. The molecule has 98 valence electrons. The second kappa shape index (κ2) is 5.51. The van der Waals surface area contributed by atoms with E-state index in [4.69, 9.17) is 4.74 Å². The van der Waals surface area contributed by atoms with Gasteiger partial charge in [-0.3, -0.25) is 0 Å². The molecule has 19 heavy (non-hydrogen) atoms. The van der Waals surface area contributed by atoms with Crippen molar-refractivity contribution in [3.05, 3.63) is 62.7 Å². The van der Waals surface area contributed by atoms with E-state index in [2.05, 4.69) is 70.4 Å². The van der Waals surface area contributed by atoms with E-state index >= 15 is 0 Å². The number of nitrogens with one attached hydrogen (secondary N) is 1. The highest BCUT2D eigenvalue weighted by Crippen LogP contribution is 2.36. The fourth-order valence-electron chi connectivity index (χ4n) is 2.62. The molecule has 0 aromatic heterocycles. The van der Waals surface area contributed by atoms with Crippen LogP contribution in [0.5, 0.6) is 5.75 Å². The zero-order chi connectivity index (χ0) is 13.2. The standard InChI is InChI=1S/C16H16INO/c1-18-15(11-5-7-13(17)8-6-11)14-4-2-3-12-9-10-19-16(12)14/h2-8,15,18H,9-10H2,1H3. The summed E-state index contributed by atoms with van der Waals surface area (Å²) in [5.74, 6) is 1.07. The number of benzene rings is 2. The Morgan fingerprint density at radius 1 is 1.16 bits per heavy atom. The lowest BCUT2D eigenvalue weighted by Gasteiger charge is -2.20. The van der Waals surface area contributed by atoms with Crippen LogP contribution in [0, 0.1) is 3.57 Å². The Morgan fingerprint density at radius 3 is 2.68 bits per heavy atom. The van der Waals surface area contributed by atoms with Crippen molar-refractivity contribution < 1.29 is 4.74 Å². The minimum Gasteiger partial charge on any atom is -0.493 e. The summed E-state index contributed by atoms with van der Waals surface area (Å²) in [6.45, 7) is 0.801. The zero-order valence-corrected chi connectivity index (χ0v) is 13.0. The van der Waals surface area contributed by atoms with Gasteiger partial charge in [0.15, 0.2) is 0 Å². The smallest absolute Gasteiger partial charge is 0.127 e. The van der Waals surface area contributed by atoms with Crippen LogP contribution in [0.2, 0.25) is 0 Å². The molecule has 2 aromatic rings. The molecule has 1 aliphatic rings. The van der Waals surface area contributed by atoms with Crippen LogP contribution in [0.1, 0.15) is 22.7 Å². The summed E-state index contributed by atoms with van der Waals surface area (Å²) in [6, 6.07) is 15.3. The van der Waals surface area contributed by atoms with Crippen LogP contribution in [0.3, 0.4) is 0 Å². The number of ether oxygens (including phenoxy) is 1. The van der Waals surface area contributed by atoms with Gasteiger partial charge in [0.2, 0.25) is 0 Å². The quantitative estimate of drug-likeness (QED) is 0.841. The van der Waals surface area contributed by atoms with E-state index in [9.17, 15) is 0 Å². The monoisotopic (exact) mass is 365 g/mol. The van der Waals surface area contributed by atoms with Crippen LogP contribution in [-0.4, -0.2) is 13.7 Å². The third-order valence-corrected chi connectivity index (χ3v) is 4.27. The fourth-order valence-corrected chi connectivity index (χ4v) is 2.98. The minimum atomic E-state index is 0.185. The topological polar surface area (TPSA) is 21.3 Å². The molecule has 1 aliphatic heterocycles. The summed E-state index contributed by atoms with van der Waals surface area (Å²) in [4.78, 5) is 0. The summed E-state index contributed by atoms with van der Waals surface area (Å²) in [6.07, 6.45) is 1.02. The van der Waals surface area contributed by atoms with Crippen LogP contribution < -0.4 is 10.1 Å². The second-order valence-electron chi connectivity index (χ2n) is 4.71. The first kappa shape index (κ1) is 12.9. The lowest BCUT2D eigenvalue weighted by atomic mass is 9.96. The highest BCUT2D eigenvalue weighted by Gasteiger charge is 2.22. The zero-order valence-electron chi connectivity index (χ0n) is 10.8. The molecular weight excluding hydrogens is 349 g/mol. The summed E-state index contributed by atoms with van der Waals surface area (Å²) in [5, 5.41) is 3.40. The molecule has 1 N–H and O–H groups in total. The van der Waals surface area contributed by atoms with Crippen molar-refractivity contribution in [1.82, 2.24) is 5.32 Å². The van der Waals surface area contributed by atoms with Crippen molar-refractivity contribution >= 4 is 22.6 Å². The Hall–Kier alpha value is -1.07. The number of fused-ring (bicyclic) bond motifs is 1. The Kier molecular flexibility index (Phi) is 3.75. The minimum absolute atomic E-state index is 0.185. The van der Waals surface area contributed by atoms with Gasteiger partial charge < -0.3 is 10.1 Å². The van der Waals surface area contributed by atoms with Gasteiger partial charge in [0.1, 0.15) is 5.75 Å². The Bertz CT molecular complexity index is 580. The van der Waals surface area contributed by atoms with Gasteiger partial charge in [0.25, 0.3) is 0 Å². The van der Waals surface area contributed by atoms with Crippen LogP contribution in [0.25, 0.3) is 0 Å². The molecule has 3 heteroatoms. The molecule has 1 heterocycles. The number of hydrogen-bond acceptors (Lipinski definition) is 2. The number of para-hydroxylation sites is 1. The Balaban J connectivity index is 2.03. The number of hydrogen-bond donors (Lipinski definition) is 1. The molecular formula is C16H16INO. The van der Waals surface area contributed by atoms with Gasteiger partial charge in [-0.1, -0.05) is 30.3 Å². The van der Waals surface area contributed by atoms with Gasteiger partial charge >= 0.3 is 0 Å². The lowest BCUT2D eigenvalue weighted by Crippen LogP contribution is -2.18. The average molecular weight is 365 g/mol.